The van der Waals surface area contributed by atoms with Crippen molar-refractivity contribution in [3.63, 3.8) is 0 Å². The van der Waals surface area contributed by atoms with E-state index >= 15 is 0 Å². The molecule has 4 aromatic rings. The van der Waals surface area contributed by atoms with Crippen molar-refractivity contribution in [2.75, 3.05) is 13.6 Å². The molecule has 0 saturated heterocycles. The van der Waals surface area contributed by atoms with Gasteiger partial charge in [0.1, 0.15) is 11.5 Å². The Kier molecular flexibility index (Phi) is 6.40. The highest BCUT2D eigenvalue weighted by molar-refractivity contribution is 5.99. The Labute approximate surface area is 193 Å². The van der Waals surface area contributed by atoms with E-state index in [1.54, 1.807) is 18.0 Å². The number of rotatable bonds is 7. The van der Waals surface area contributed by atoms with Gasteiger partial charge >= 0.3 is 0 Å². The molecular weight excluding hydrogens is 416 g/mol. The summed E-state index contributed by atoms with van der Waals surface area (Å²) in [7, 11) is 1.79. The molecule has 2 aromatic heterocycles. The van der Waals surface area contributed by atoms with Crippen LogP contribution < -0.4 is 0 Å². The molecule has 33 heavy (non-hydrogen) atoms. The standard InChI is InChI=1S/C26H28N4O3/c1-26(2,3)25-27-23(33-29-25)20-14-8-9-15-21(20)24(31)30(4)16-10-13-19-17-22(28-32-19)18-11-6-5-7-12-18/h5-9,11-12,14-15,17H,10,13,16H2,1-4H3. The van der Waals surface area contributed by atoms with Gasteiger partial charge in [-0.15, -0.1) is 0 Å². The normalized spacial score (nSPS) is 11.5. The molecule has 0 N–H and O–H groups in total. The summed E-state index contributed by atoms with van der Waals surface area (Å²) in [5, 5.41) is 8.24. The summed E-state index contributed by atoms with van der Waals surface area (Å²) in [6.07, 6.45) is 1.44. The first-order valence-corrected chi connectivity index (χ1v) is 11.0. The van der Waals surface area contributed by atoms with Crippen LogP contribution in [0.15, 0.2) is 69.7 Å². The van der Waals surface area contributed by atoms with E-state index in [1.165, 1.54) is 0 Å². The van der Waals surface area contributed by atoms with Gasteiger partial charge in [0, 0.05) is 37.1 Å². The minimum absolute atomic E-state index is 0.0938. The maximum atomic E-state index is 13.2. The maximum absolute atomic E-state index is 13.2. The third-order valence-electron chi connectivity index (χ3n) is 5.38. The summed E-state index contributed by atoms with van der Waals surface area (Å²) in [5.41, 5.74) is 2.78. The molecule has 0 fully saturated rings. The van der Waals surface area contributed by atoms with Crippen LogP contribution in [0.1, 0.15) is 49.1 Å². The minimum Gasteiger partial charge on any atom is -0.361 e. The van der Waals surface area contributed by atoms with Gasteiger partial charge in [-0.25, -0.2) is 0 Å². The summed E-state index contributed by atoms with van der Waals surface area (Å²) >= 11 is 0. The fraction of sp³-hybridized carbons (Fsp3) is 0.308. The lowest BCUT2D eigenvalue weighted by Crippen LogP contribution is -2.28. The number of hydrogen-bond acceptors (Lipinski definition) is 6. The highest BCUT2D eigenvalue weighted by Crippen LogP contribution is 2.27. The third kappa shape index (κ3) is 5.19. The Bertz CT molecular complexity index is 1220. The zero-order valence-corrected chi connectivity index (χ0v) is 19.4. The molecule has 2 heterocycles. The number of nitrogens with zero attached hydrogens (tertiary/aromatic N) is 4. The van der Waals surface area contributed by atoms with Gasteiger partial charge in [0.15, 0.2) is 5.82 Å². The van der Waals surface area contributed by atoms with Gasteiger partial charge in [0.25, 0.3) is 11.8 Å². The van der Waals surface area contributed by atoms with E-state index in [1.807, 2.05) is 75.4 Å². The Balaban J connectivity index is 1.40. The van der Waals surface area contributed by atoms with Crippen molar-refractivity contribution >= 4 is 5.91 Å². The molecule has 170 valence electrons. The van der Waals surface area contributed by atoms with Crippen molar-refractivity contribution in [3.8, 4) is 22.7 Å². The zero-order chi connectivity index (χ0) is 23.4. The van der Waals surface area contributed by atoms with Gasteiger partial charge in [0.05, 0.1) is 11.1 Å². The predicted molar refractivity (Wildman–Crippen MR) is 126 cm³/mol. The molecule has 0 bridgehead atoms. The second-order valence-electron chi connectivity index (χ2n) is 9.09. The van der Waals surface area contributed by atoms with E-state index in [4.69, 9.17) is 9.05 Å². The Morgan fingerprint density at radius 2 is 1.70 bits per heavy atom. The average molecular weight is 445 g/mol. The van der Waals surface area contributed by atoms with Crippen LogP contribution in [0.4, 0.5) is 0 Å². The summed E-state index contributed by atoms with van der Waals surface area (Å²) in [6.45, 7) is 6.63. The number of benzene rings is 2. The molecule has 4 rings (SSSR count). The molecular formula is C26H28N4O3. The number of carbonyl (C=O) groups excluding carboxylic acids is 1. The smallest absolute Gasteiger partial charge is 0.258 e. The van der Waals surface area contributed by atoms with Gasteiger partial charge in [-0.3, -0.25) is 4.79 Å². The van der Waals surface area contributed by atoms with Crippen LogP contribution >= 0.6 is 0 Å². The van der Waals surface area contributed by atoms with E-state index in [2.05, 4.69) is 15.3 Å². The zero-order valence-electron chi connectivity index (χ0n) is 19.4. The molecule has 7 nitrogen and oxygen atoms in total. The van der Waals surface area contributed by atoms with Crippen molar-refractivity contribution < 1.29 is 13.8 Å². The van der Waals surface area contributed by atoms with E-state index in [-0.39, 0.29) is 11.3 Å². The fourth-order valence-electron chi connectivity index (χ4n) is 3.47. The van der Waals surface area contributed by atoms with Crippen LogP contribution in [-0.4, -0.2) is 39.7 Å². The van der Waals surface area contributed by atoms with Gasteiger partial charge in [0.2, 0.25) is 0 Å². The second-order valence-corrected chi connectivity index (χ2v) is 9.09. The monoisotopic (exact) mass is 444 g/mol. The first-order chi connectivity index (χ1) is 15.8. The lowest BCUT2D eigenvalue weighted by molar-refractivity contribution is 0.0793. The lowest BCUT2D eigenvalue weighted by atomic mass is 9.96. The van der Waals surface area contributed by atoms with E-state index in [9.17, 15) is 4.79 Å². The number of hydrogen-bond donors (Lipinski definition) is 0. The van der Waals surface area contributed by atoms with Gasteiger partial charge in [-0.2, -0.15) is 4.98 Å². The van der Waals surface area contributed by atoms with Crippen LogP contribution in [0, 0.1) is 0 Å². The van der Waals surface area contributed by atoms with Crippen molar-refractivity contribution in [2.45, 2.75) is 39.0 Å². The molecule has 0 aliphatic rings. The summed E-state index contributed by atoms with van der Waals surface area (Å²) < 4.78 is 10.9. The first-order valence-electron chi connectivity index (χ1n) is 11.0. The summed E-state index contributed by atoms with van der Waals surface area (Å²) in [4.78, 5) is 19.4. The molecule has 2 aromatic carbocycles. The quantitative estimate of drug-likeness (QED) is 0.380. The van der Waals surface area contributed by atoms with Crippen molar-refractivity contribution in [1.29, 1.82) is 0 Å². The van der Waals surface area contributed by atoms with Crippen molar-refractivity contribution in [3.05, 3.63) is 77.8 Å². The molecule has 0 atom stereocenters. The van der Waals surface area contributed by atoms with Crippen molar-refractivity contribution in [2.24, 2.45) is 0 Å². The summed E-state index contributed by atoms with van der Waals surface area (Å²) in [5.74, 6) is 1.67. The molecule has 0 saturated carbocycles. The van der Waals surface area contributed by atoms with Crippen LogP contribution in [0.25, 0.3) is 22.7 Å². The maximum Gasteiger partial charge on any atom is 0.258 e. The van der Waals surface area contributed by atoms with Gasteiger partial charge in [-0.1, -0.05) is 73.5 Å². The molecule has 0 radical (unpaired) electrons. The van der Waals surface area contributed by atoms with Crippen LogP contribution in [0.5, 0.6) is 0 Å². The second kappa shape index (κ2) is 9.40. The third-order valence-corrected chi connectivity index (χ3v) is 5.38. The first kappa shape index (κ1) is 22.5. The van der Waals surface area contributed by atoms with E-state index < -0.39 is 0 Å². The van der Waals surface area contributed by atoms with Crippen LogP contribution in [-0.2, 0) is 11.8 Å². The predicted octanol–water partition coefficient (Wildman–Crippen LogP) is 5.39. The number of aryl methyl sites for hydroxylation is 1. The average Bonchev–Trinajstić information content (AvgIpc) is 3.49. The van der Waals surface area contributed by atoms with Gasteiger partial charge in [-0.05, 0) is 18.6 Å². The topological polar surface area (TPSA) is 85.3 Å². The number of carbonyl (C=O) groups is 1. The Morgan fingerprint density at radius 3 is 2.42 bits per heavy atom. The highest BCUT2D eigenvalue weighted by atomic mass is 16.5. The minimum atomic E-state index is -0.238. The number of amides is 1. The molecule has 0 aliphatic heterocycles. The SMILES string of the molecule is CN(CCCc1cc(-c2ccccc2)no1)C(=O)c1ccccc1-c1nc(C(C)(C)C)no1. The molecule has 7 heteroatoms. The molecule has 0 spiro atoms. The van der Waals surface area contributed by atoms with E-state index in [0.29, 0.717) is 35.8 Å². The fourth-order valence-corrected chi connectivity index (χ4v) is 3.47. The number of aromatic nitrogens is 3. The summed E-state index contributed by atoms with van der Waals surface area (Å²) in [6, 6.07) is 19.2. The van der Waals surface area contributed by atoms with Crippen LogP contribution in [0.2, 0.25) is 0 Å². The largest absolute Gasteiger partial charge is 0.361 e. The van der Waals surface area contributed by atoms with Gasteiger partial charge < -0.3 is 13.9 Å². The Morgan fingerprint density at radius 1 is 0.970 bits per heavy atom. The molecule has 1 amide bonds. The lowest BCUT2D eigenvalue weighted by Gasteiger charge is -2.18. The molecule has 0 aliphatic carbocycles. The van der Waals surface area contributed by atoms with E-state index in [0.717, 1.165) is 23.4 Å². The highest BCUT2D eigenvalue weighted by Gasteiger charge is 2.24. The Hall–Kier alpha value is -3.74. The molecule has 0 unspecified atom stereocenters. The van der Waals surface area contributed by atoms with Crippen LogP contribution in [0.3, 0.4) is 0 Å². The van der Waals surface area contributed by atoms with Crippen molar-refractivity contribution in [1.82, 2.24) is 20.2 Å².